The maximum Gasteiger partial charge on any atom is 0.387 e. The topological polar surface area (TPSA) is 55.6 Å². The molecule has 0 saturated carbocycles. The van der Waals surface area contributed by atoms with Crippen molar-refractivity contribution in [2.45, 2.75) is 19.7 Å². The summed E-state index contributed by atoms with van der Waals surface area (Å²) < 4.78 is 35.1. The molecule has 7 heteroatoms. The van der Waals surface area contributed by atoms with Crippen molar-refractivity contribution in [1.29, 1.82) is 0 Å². The number of amides is 1. The van der Waals surface area contributed by atoms with Gasteiger partial charge in [-0.2, -0.15) is 8.78 Å². The SMILES string of the molecule is O=C(c1ccccc1OC(F)F)N(Cc1cccnc1)Cc1ccco1. The number of para-hydroxylation sites is 1. The van der Waals surface area contributed by atoms with Crippen LogP contribution < -0.4 is 4.74 Å². The number of carbonyl (C=O) groups excluding carboxylic acids is 1. The van der Waals surface area contributed by atoms with Crippen molar-refractivity contribution in [3.05, 3.63) is 84.1 Å². The van der Waals surface area contributed by atoms with Crippen LogP contribution >= 0.6 is 0 Å². The molecule has 0 N–H and O–H groups in total. The molecule has 5 nitrogen and oxygen atoms in total. The second-order valence-electron chi connectivity index (χ2n) is 5.48. The molecule has 0 unspecified atom stereocenters. The van der Waals surface area contributed by atoms with Gasteiger partial charge >= 0.3 is 6.61 Å². The maximum absolute atomic E-state index is 13.0. The minimum absolute atomic E-state index is 0.0586. The monoisotopic (exact) mass is 358 g/mol. The Morgan fingerprint density at radius 1 is 1.12 bits per heavy atom. The highest BCUT2D eigenvalue weighted by Crippen LogP contribution is 2.23. The molecular weight excluding hydrogens is 342 g/mol. The Bertz CT molecular complexity index is 839. The van der Waals surface area contributed by atoms with Crippen LogP contribution in [0.2, 0.25) is 0 Å². The van der Waals surface area contributed by atoms with Crippen molar-refractivity contribution in [3.8, 4) is 5.75 Å². The summed E-state index contributed by atoms with van der Waals surface area (Å²) in [6.07, 6.45) is 4.79. The van der Waals surface area contributed by atoms with E-state index in [1.807, 2.05) is 6.07 Å². The summed E-state index contributed by atoms with van der Waals surface area (Å²) in [4.78, 5) is 18.5. The van der Waals surface area contributed by atoms with Crippen LogP contribution in [0.25, 0.3) is 0 Å². The number of benzene rings is 1. The molecule has 3 rings (SSSR count). The smallest absolute Gasteiger partial charge is 0.387 e. The minimum atomic E-state index is -3.01. The van der Waals surface area contributed by atoms with Crippen LogP contribution in [0, 0.1) is 0 Å². The molecule has 1 aromatic carbocycles. The number of alkyl halides is 2. The average molecular weight is 358 g/mol. The molecule has 134 valence electrons. The summed E-state index contributed by atoms with van der Waals surface area (Å²) in [6.45, 7) is -2.58. The van der Waals surface area contributed by atoms with Gasteiger partial charge in [0.2, 0.25) is 0 Å². The predicted molar refractivity (Wildman–Crippen MR) is 89.6 cm³/mol. The highest BCUT2D eigenvalue weighted by atomic mass is 19.3. The summed E-state index contributed by atoms with van der Waals surface area (Å²) in [5.41, 5.74) is 0.864. The highest BCUT2D eigenvalue weighted by molar-refractivity contribution is 5.96. The third kappa shape index (κ3) is 4.44. The Balaban J connectivity index is 1.89. The first-order chi connectivity index (χ1) is 12.6. The van der Waals surface area contributed by atoms with Crippen LogP contribution in [0.5, 0.6) is 5.75 Å². The van der Waals surface area contributed by atoms with Gasteiger partial charge in [-0.15, -0.1) is 0 Å². The number of carbonyl (C=O) groups is 1. The molecule has 0 fully saturated rings. The molecular formula is C19H16F2N2O3. The molecule has 0 radical (unpaired) electrons. The van der Waals surface area contributed by atoms with Crippen molar-refractivity contribution in [2.24, 2.45) is 0 Å². The van der Waals surface area contributed by atoms with Crippen LogP contribution in [0.4, 0.5) is 8.78 Å². The van der Waals surface area contributed by atoms with Gasteiger partial charge in [0, 0.05) is 18.9 Å². The van der Waals surface area contributed by atoms with Crippen molar-refractivity contribution < 1.29 is 22.7 Å². The largest absolute Gasteiger partial charge is 0.467 e. The van der Waals surface area contributed by atoms with E-state index in [9.17, 15) is 13.6 Å². The van der Waals surface area contributed by atoms with Gasteiger partial charge in [-0.1, -0.05) is 18.2 Å². The molecule has 2 heterocycles. The van der Waals surface area contributed by atoms with Crippen LogP contribution in [0.1, 0.15) is 21.7 Å². The van der Waals surface area contributed by atoms with E-state index >= 15 is 0 Å². The molecule has 0 aliphatic rings. The second kappa shape index (κ2) is 8.24. The van der Waals surface area contributed by atoms with E-state index < -0.39 is 12.5 Å². The van der Waals surface area contributed by atoms with Gasteiger partial charge in [-0.05, 0) is 35.9 Å². The Labute approximate surface area is 148 Å². The molecule has 2 aromatic heterocycles. The van der Waals surface area contributed by atoms with Crippen LogP contribution in [-0.2, 0) is 13.1 Å². The summed E-state index contributed by atoms with van der Waals surface area (Å²) in [5.74, 6) is -0.0286. The number of aromatic nitrogens is 1. The molecule has 0 spiro atoms. The van der Waals surface area contributed by atoms with Gasteiger partial charge < -0.3 is 14.1 Å². The number of halogens is 2. The van der Waals surface area contributed by atoms with E-state index in [-0.39, 0.29) is 24.4 Å². The molecule has 3 aromatic rings. The lowest BCUT2D eigenvalue weighted by Crippen LogP contribution is -2.30. The van der Waals surface area contributed by atoms with Crippen molar-refractivity contribution in [2.75, 3.05) is 0 Å². The highest BCUT2D eigenvalue weighted by Gasteiger charge is 2.22. The first kappa shape index (κ1) is 17.6. The Kier molecular flexibility index (Phi) is 5.58. The molecule has 1 amide bonds. The molecule has 0 aliphatic carbocycles. The first-order valence-electron chi connectivity index (χ1n) is 7.88. The fourth-order valence-electron chi connectivity index (χ4n) is 2.51. The van der Waals surface area contributed by atoms with Crippen molar-refractivity contribution in [3.63, 3.8) is 0 Å². The lowest BCUT2D eigenvalue weighted by Gasteiger charge is -2.23. The van der Waals surface area contributed by atoms with Gasteiger partial charge in [-0.25, -0.2) is 0 Å². The van der Waals surface area contributed by atoms with Crippen LogP contribution in [0.15, 0.2) is 71.6 Å². The normalized spacial score (nSPS) is 10.7. The molecule has 26 heavy (non-hydrogen) atoms. The molecule has 0 aliphatic heterocycles. The van der Waals surface area contributed by atoms with E-state index in [2.05, 4.69) is 9.72 Å². The van der Waals surface area contributed by atoms with Gasteiger partial charge in [0.1, 0.15) is 11.5 Å². The number of hydrogen-bond acceptors (Lipinski definition) is 4. The quantitative estimate of drug-likeness (QED) is 0.638. The lowest BCUT2D eigenvalue weighted by molar-refractivity contribution is -0.0503. The average Bonchev–Trinajstić information content (AvgIpc) is 3.15. The Morgan fingerprint density at radius 3 is 2.65 bits per heavy atom. The van der Waals surface area contributed by atoms with Gasteiger partial charge in [0.05, 0.1) is 18.4 Å². The first-order valence-corrected chi connectivity index (χ1v) is 7.88. The van der Waals surface area contributed by atoms with E-state index in [0.717, 1.165) is 5.56 Å². The van der Waals surface area contributed by atoms with Gasteiger partial charge in [0.25, 0.3) is 5.91 Å². The maximum atomic E-state index is 13.0. The standard InChI is InChI=1S/C19H16F2N2O3/c20-19(21)26-17-8-2-1-7-16(17)18(24)23(13-15-6-4-10-25-15)12-14-5-3-9-22-11-14/h1-11,19H,12-13H2. The molecule has 0 saturated heterocycles. The predicted octanol–water partition coefficient (Wildman–Crippen LogP) is 4.12. The lowest BCUT2D eigenvalue weighted by atomic mass is 10.1. The zero-order valence-electron chi connectivity index (χ0n) is 13.7. The third-order valence-electron chi connectivity index (χ3n) is 3.64. The zero-order chi connectivity index (χ0) is 18.4. The molecule has 0 atom stereocenters. The summed E-state index contributed by atoms with van der Waals surface area (Å²) in [5, 5.41) is 0. The van der Waals surface area contributed by atoms with E-state index in [1.165, 1.54) is 29.4 Å². The number of pyridine rings is 1. The van der Waals surface area contributed by atoms with Crippen LogP contribution in [-0.4, -0.2) is 22.4 Å². The molecule has 0 bridgehead atoms. The fourth-order valence-corrected chi connectivity index (χ4v) is 2.51. The number of rotatable bonds is 7. The minimum Gasteiger partial charge on any atom is -0.467 e. The van der Waals surface area contributed by atoms with Gasteiger partial charge in [0.15, 0.2) is 0 Å². The summed E-state index contributed by atoms with van der Waals surface area (Å²) in [7, 11) is 0. The number of ether oxygens (including phenoxy) is 1. The van der Waals surface area contributed by atoms with Crippen LogP contribution in [0.3, 0.4) is 0 Å². The Hall–Kier alpha value is -3.22. The fraction of sp³-hybridized carbons (Fsp3) is 0.158. The zero-order valence-corrected chi connectivity index (χ0v) is 13.7. The number of nitrogens with zero attached hydrogens (tertiary/aromatic N) is 2. The van der Waals surface area contributed by atoms with Crippen molar-refractivity contribution in [1.82, 2.24) is 9.88 Å². The summed E-state index contributed by atoms with van der Waals surface area (Å²) in [6, 6.07) is 13.0. The number of furan rings is 1. The summed E-state index contributed by atoms with van der Waals surface area (Å²) >= 11 is 0. The Morgan fingerprint density at radius 2 is 1.96 bits per heavy atom. The second-order valence-corrected chi connectivity index (χ2v) is 5.48. The third-order valence-corrected chi connectivity index (χ3v) is 3.64. The van der Waals surface area contributed by atoms with E-state index in [4.69, 9.17) is 4.42 Å². The van der Waals surface area contributed by atoms with E-state index in [0.29, 0.717) is 5.76 Å². The van der Waals surface area contributed by atoms with Crippen molar-refractivity contribution >= 4 is 5.91 Å². The van der Waals surface area contributed by atoms with Gasteiger partial charge in [-0.3, -0.25) is 9.78 Å². The van der Waals surface area contributed by atoms with E-state index in [1.54, 1.807) is 36.7 Å². The number of hydrogen-bond donors (Lipinski definition) is 0.